The third kappa shape index (κ3) is 7.73. The van der Waals surface area contributed by atoms with E-state index < -0.39 is 5.91 Å². The van der Waals surface area contributed by atoms with E-state index in [0.717, 1.165) is 5.56 Å². The zero-order valence-corrected chi connectivity index (χ0v) is 19.9. The molecule has 0 radical (unpaired) electrons. The number of hydrogen-bond acceptors (Lipinski definition) is 7. The number of carbonyl (C=O) groups excluding carboxylic acids is 2. The van der Waals surface area contributed by atoms with Crippen LogP contribution in [0.15, 0.2) is 92.5 Å². The summed E-state index contributed by atoms with van der Waals surface area (Å²) in [6, 6.07) is 16.5. The number of rotatable bonds is 6. The number of benzene rings is 2. The number of aromatic nitrogens is 3. The average molecular weight is 488 g/mol. The largest absolute Gasteiger partial charge is 0.487 e. The fraction of sp³-hybridized carbons (Fsp3) is 0.0769. The van der Waals surface area contributed by atoms with Crippen molar-refractivity contribution in [3.63, 3.8) is 0 Å². The maximum Gasteiger partial charge on any atom is 0.259 e. The Morgan fingerprint density at radius 3 is 2.39 bits per heavy atom. The number of nitrogens with two attached hydrogens (primary N) is 2. The van der Waals surface area contributed by atoms with Crippen molar-refractivity contribution in [3.8, 4) is 5.75 Å². The van der Waals surface area contributed by atoms with Crippen LogP contribution < -0.4 is 26.8 Å². The summed E-state index contributed by atoms with van der Waals surface area (Å²) in [5, 5.41) is 5.28. The highest BCUT2D eigenvalue weighted by Crippen LogP contribution is 2.20. The standard InChI is InChI=1S/C22H19N5O3.2C2H5N/c1-23-21(29)17-8-5-9-18-19(17)26-22(25-18)27-20(28)15-10-16(12-24-11-15)30-13-14-6-3-2-4-7-14;2*1-2-3/h2-12H,13H2,1H3,(H,23,29)(H2,25,26,27,28);2*2H,1,3H2. The fourth-order valence-corrected chi connectivity index (χ4v) is 2.95. The molecule has 36 heavy (non-hydrogen) atoms. The zero-order valence-electron chi connectivity index (χ0n) is 19.9. The topological polar surface area (TPSA) is 161 Å². The summed E-state index contributed by atoms with van der Waals surface area (Å²) in [6.07, 6.45) is 5.50. The van der Waals surface area contributed by atoms with Crippen LogP contribution in [0.5, 0.6) is 5.75 Å². The van der Waals surface area contributed by atoms with E-state index in [1.807, 2.05) is 30.3 Å². The number of imidazole rings is 1. The monoisotopic (exact) mass is 487 g/mol. The van der Waals surface area contributed by atoms with E-state index in [4.69, 9.17) is 4.74 Å². The van der Waals surface area contributed by atoms with Gasteiger partial charge in [-0.05, 0) is 36.2 Å². The first kappa shape index (κ1) is 27.1. The molecule has 186 valence electrons. The predicted octanol–water partition coefficient (Wildman–Crippen LogP) is 3.33. The van der Waals surface area contributed by atoms with Gasteiger partial charge in [0.25, 0.3) is 11.8 Å². The minimum Gasteiger partial charge on any atom is -0.487 e. The van der Waals surface area contributed by atoms with Crippen molar-refractivity contribution < 1.29 is 14.3 Å². The smallest absolute Gasteiger partial charge is 0.259 e. The Bertz CT molecular complexity index is 1300. The second-order valence-corrected chi connectivity index (χ2v) is 6.98. The van der Waals surface area contributed by atoms with Gasteiger partial charge in [-0.2, -0.15) is 0 Å². The van der Waals surface area contributed by atoms with Crippen molar-refractivity contribution >= 4 is 28.8 Å². The van der Waals surface area contributed by atoms with Gasteiger partial charge >= 0.3 is 0 Å². The summed E-state index contributed by atoms with van der Waals surface area (Å²) >= 11 is 0. The number of fused-ring (bicyclic) bond motifs is 1. The van der Waals surface area contributed by atoms with Crippen molar-refractivity contribution in [3.05, 3.63) is 109 Å². The maximum absolute atomic E-state index is 12.6. The van der Waals surface area contributed by atoms with Gasteiger partial charge in [-0.15, -0.1) is 0 Å². The van der Waals surface area contributed by atoms with E-state index in [1.165, 1.54) is 18.6 Å². The third-order valence-electron chi connectivity index (χ3n) is 4.44. The molecular weight excluding hydrogens is 458 g/mol. The van der Waals surface area contributed by atoms with Gasteiger partial charge in [-0.25, -0.2) is 4.98 Å². The highest BCUT2D eigenvalue weighted by atomic mass is 16.5. The van der Waals surface area contributed by atoms with Gasteiger partial charge in [0.1, 0.15) is 17.9 Å². The molecule has 0 saturated carbocycles. The molecule has 0 aliphatic rings. The van der Waals surface area contributed by atoms with Crippen molar-refractivity contribution in [1.82, 2.24) is 20.3 Å². The highest BCUT2D eigenvalue weighted by molar-refractivity contribution is 6.07. The number of carbonyl (C=O) groups is 2. The van der Waals surface area contributed by atoms with Crippen LogP contribution in [-0.2, 0) is 6.61 Å². The highest BCUT2D eigenvalue weighted by Gasteiger charge is 2.15. The van der Waals surface area contributed by atoms with Crippen molar-refractivity contribution in [1.29, 1.82) is 0 Å². The lowest BCUT2D eigenvalue weighted by Crippen LogP contribution is -2.18. The van der Waals surface area contributed by atoms with Crippen molar-refractivity contribution in [2.75, 3.05) is 12.4 Å². The van der Waals surface area contributed by atoms with Crippen LogP contribution in [-0.4, -0.2) is 33.8 Å². The Kier molecular flexibility index (Phi) is 10.7. The molecule has 0 bridgehead atoms. The number of nitrogens with zero attached hydrogens (tertiary/aromatic N) is 2. The summed E-state index contributed by atoms with van der Waals surface area (Å²) in [6.45, 7) is 6.65. The second-order valence-electron chi connectivity index (χ2n) is 6.98. The number of ether oxygens (including phenoxy) is 1. The van der Waals surface area contributed by atoms with E-state index >= 15 is 0 Å². The molecule has 2 aromatic heterocycles. The molecule has 0 atom stereocenters. The van der Waals surface area contributed by atoms with Gasteiger partial charge in [0.05, 0.1) is 22.8 Å². The number of nitrogens with one attached hydrogen (secondary N) is 3. The first-order valence-corrected chi connectivity index (χ1v) is 10.8. The van der Waals surface area contributed by atoms with Gasteiger partial charge in [-0.3, -0.25) is 19.9 Å². The SMILES string of the molecule is C=CN.C=CN.CNC(=O)c1cccc2[nH]c(NC(=O)c3cncc(OCc4ccccc4)c3)nc12. The fourth-order valence-electron chi connectivity index (χ4n) is 2.95. The molecule has 0 aliphatic heterocycles. The molecule has 0 saturated heterocycles. The molecular formula is C26H29N7O3. The molecule has 2 amide bonds. The number of amides is 2. The van der Waals surface area contributed by atoms with Crippen LogP contribution >= 0.6 is 0 Å². The predicted molar refractivity (Wildman–Crippen MR) is 141 cm³/mol. The van der Waals surface area contributed by atoms with Gasteiger partial charge in [0.2, 0.25) is 5.95 Å². The van der Waals surface area contributed by atoms with E-state index in [9.17, 15) is 9.59 Å². The molecule has 2 heterocycles. The Labute approximate surface area is 209 Å². The van der Waals surface area contributed by atoms with Crippen LogP contribution in [0.3, 0.4) is 0 Å². The molecule has 10 heteroatoms. The Balaban J connectivity index is 0.000000693. The maximum atomic E-state index is 12.6. The quantitative estimate of drug-likeness (QED) is 0.279. The van der Waals surface area contributed by atoms with Crippen LogP contribution in [0.1, 0.15) is 26.3 Å². The minimum absolute atomic E-state index is 0.238. The van der Waals surface area contributed by atoms with Gasteiger partial charge in [0.15, 0.2) is 0 Å². The Morgan fingerprint density at radius 2 is 1.72 bits per heavy atom. The molecule has 0 unspecified atom stereocenters. The third-order valence-corrected chi connectivity index (χ3v) is 4.44. The molecule has 2 aromatic carbocycles. The van der Waals surface area contributed by atoms with Gasteiger partial charge in [-0.1, -0.05) is 49.6 Å². The first-order chi connectivity index (χ1) is 17.5. The normalized spacial score (nSPS) is 9.47. The molecule has 10 nitrogen and oxygen atoms in total. The average Bonchev–Trinajstić information content (AvgIpc) is 3.31. The number of anilines is 1. The summed E-state index contributed by atoms with van der Waals surface area (Å²) in [4.78, 5) is 36.1. The lowest BCUT2D eigenvalue weighted by molar-refractivity contribution is 0.0963. The summed E-state index contributed by atoms with van der Waals surface area (Å²) in [5.41, 5.74) is 12.1. The summed E-state index contributed by atoms with van der Waals surface area (Å²) in [5.74, 6) is 0.0747. The molecule has 0 spiro atoms. The summed E-state index contributed by atoms with van der Waals surface area (Å²) in [7, 11) is 1.55. The van der Waals surface area contributed by atoms with Crippen molar-refractivity contribution in [2.45, 2.75) is 6.61 Å². The molecule has 4 aromatic rings. The number of aromatic amines is 1. The van der Waals surface area contributed by atoms with Crippen molar-refractivity contribution in [2.24, 2.45) is 11.5 Å². The van der Waals surface area contributed by atoms with Gasteiger partial charge in [0, 0.05) is 13.2 Å². The summed E-state index contributed by atoms with van der Waals surface area (Å²) < 4.78 is 5.73. The molecule has 0 fully saturated rings. The van der Waals surface area contributed by atoms with E-state index in [0.29, 0.717) is 34.5 Å². The van der Waals surface area contributed by atoms with Gasteiger partial charge < -0.3 is 26.5 Å². The lowest BCUT2D eigenvalue weighted by Gasteiger charge is -2.07. The number of hydrogen-bond donors (Lipinski definition) is 5. The van der Waals surface area contributed by atoms with E-state index in [2.05, 4.69) is 50.2 Å². The first-order valence-electron chi connectivity index (χ1n) is 10.8. The molecule has 7 N–H and O–H groups in total. The Hall–Kier alpha value is -5.12. The number of H-pyrrole nitrogens is 1. The minimum atomic E-state index is -0.395. The Morgan fingerprint density at radius 1 is 1.03 bits per heavy atom. The second kappa shape index (κ2) is 14.2. The van der Waals surface area contributed by atoms with Crippen LogP contribution in [0.25, 0.3) is 11.0 Å². The van der Waals surface area contributed by atoms with Crippen LogP contribution in [0.2, 0.25) is 0 Å². The van der Waals surface area contributed by atoms with E-state index in [1.54, 1.807) is 37.5 Å². The lowest BCUT2D eigenvalue weighted by atomic mass is 10.2. The zero-order chi connectivity index (χ0) is 26.3. The van der Waals surface area contributed by atoms with Crippen LogP contribution in [0.4, 0.5) is 5.95 Å². The molecule has 4 rings (SSSR count). The van der Waals surface area contributed by atoms with E-state index in [-0.39, 0.29) is 11.9 Å². The molecule has 0 aliphatic carbocycles. The van der Waals surface area contributed by atoms with Crippen LogP contribution in [0, 0.1) is 0 Å². The number of pyridine rings is 1. The number of para-hydroxylation sites is 1.